The molecule has 0 bridgehead atoms. The number of guanidine groups is 1. The minimum atomic E-state index is -0.468. The molecule has 2 N–H and O–H groups in total. The van der Waals surface area contributed by atoms with Crippen LogP contribution >= 0.6 is 35.3 Å². The number of hydrogen-bond donors (Lipinski definition) is 2. The highest BCUT2D eigenvalue weighted by Crippen LogP contribution is 2.11. The predicted molar refractivity (Wildman–Crippen MR) is 102 cm³/mol. The van der Waals surface area contributed by atoms with Crippen molar-refractivity contribution in [1.82, 2.24) is 20.0 Å². The van der Waals surface area contributed by atoms with E-state index in [1.807, 2.05) is 22.2 Å². The number of hydrogen-bond acceptors (Lipinski definition) is 3. The van der Waals surface area contributed by atoms with E-state index in [1.54, 1.807) is 18.4 Å². The molecular weight excluding hydrogens is 447 g/mol. The average Bonchev–Trinajstić information content (AvgIpc) is 3.12. The minimum absolute atomic E-state index is 0. The quantitative estimate of drug-likeness (QED) is 0.355. The third-order valence-electron chi connectivity index (χ3n) is 3.26. The molecule has 3 rings (SSSR count). The van der Waals surface area contributed by atoms with Crippen LogP contribution in [-0.2, 0) is 13.1 Å². The van der Waals surface area contributed by atoms with E-state index in [-0.39, 0.29) is 36.1 Å². The summed E-state index contributed by atoms with van der Waals surface area (Å²) >= 11 is 1.56. The second-order valence-electron chi connectivity index (χ2n) is 4.84. The lowest BCUT2D eigenvalue weighted by atomic mass is 10.2. The van der Waals surface area contributed by atoms with Crippen LogP contribution in [0, 0.1) is 11.6 Å². The molecule has 0 unspecified atom stereocenters. The number of nitrogens with one attached hydrogen (secondary N) is 2. The van der Waals surface area contributed by atoms with Crippen molar-refractivity contribution in [3.8, 4) is 0 Å². The van der Waals surface area contributed by atoms with Gasteiger partial charge in [-0.05, 0) is 18.2 Å². The Hall–Kier alpha value is -1.75. The van der Waals surface area contributed by atoms with E-state index in [0.29, 0.717) is 12.5 Å². The van der Waals surface area contributed by atoms with Crippen molar-refractivity contribution < 1.29 is 8.78 Å². The van der Waals surface area contributed by atoms with Gasteiger partial charge < -0.3 is 10.6 Å². The SMILES string of the molecule is CN=C(NCc1cn2ccsc2n1)NCc1cc(F)ccc1F.I. The third kappa shape index (κ3) is 4.41. The maximum atomic E-state index is 13.6. The second-order valence-corrected chi connectivity index (χ2v) is 5.71. The van der Waals surface area contributed by atoms with E-state index >= 15 is 0 Å². The zero-order chi connectivity index (χ0) is 16.2. The van der Waals surface area contributed by atoms with E-state index in [2.05, 4.69) is 20.6 Å². The number of nitrogens with zero attached hydrogens (tertiary/aromatic N) is 3. The number of fused-ring (bicyclic) bond motifs is 1. The normalized spacial score (nSPS) is 11.4. The van der Waals surface area contributed by atoms with Crippen molar-refractivity contribution in [2.45, 2.75) is 13.1 Å². The Morgan fingerprint density at radius 3 is 2.83 bits per heavy atom. The number of benzene rings is 1. The largest absolute Gasteiger partial charge is 0.352 e. The molecule has 0 aliphatic carbocycles. The molecule has 128 valence electrons. The van der Waals surface area contributed by atoms with Crippen molar-refractivity contribution in [1.29, 1.82) is 0 Å². The van der Waals surface area contributed by atoms with Gasteiger partial charge in [0.25, 0.3) is 0 Å². The first-order valence-corrected chi connectivity index (χ1v) is 7.83. The molecule has 3 aromatic rings. The zero-order valence-electron chi connectivity index (χ0n) is 12.8. The van der Waals surface area contributed by atoms with Gasteiger partial charge in [0.15, 0.2) is 10.9 Å². The molecule has 0 radical (unpaired) electrons. The number of aromatic nitrogens is 2. The molecular formula is C15H16F2IN5S. The topological polar surface area (TPSA) is 53.7 Å². The van der Waals surface area contributed by atoms with E-state index in [4.69, 9.17) is 0 Å². The summed E-state index contributed by atoms with van der Waals surface area (Å²) in [5.74, 6) is -0.432. The smallest absolute Gasteiger partial charge is 0.193 e. The molecule has 0 aliphatic rings. The Balaban J connectivity index is 0.00000208. The average molecular weight is 463 g/mol. The first-order valence-electron chi connectivity index (χ1n) is 6.95. The van der Waals surface area contributed by atoms with Crippen LogP contribution in [0.15, 0.2) is 41.0 Å². The van der Waals surface area contributed by atoms with Gasteiger partial charge in [-0.1, -0.05) is 0 Å². The van der Waals surface area contributed by atoms with Crippen molar-refractivity contribution in [2.75, 3.05) is 7.05 Å². The lowest BCUT2D eigenvalue weighted by Gasteiger charge is -2.11. The Kier molecular flexibility index (Phi) is 6.49. The number of imidazole rings is 1. The number of rotatable bonds is 4. The van der Waals surface area contributed by atoms with E-state index in [9.17, 15) is 8.78 Å². The molecule has 1 aromatic carbocycles. The number of halogens is 3. The standard InChI is InChI=1S/C15H15F2N5S.HI/c1-18-14(19-7-10-6-11(16)2-3-13(10)17)20-8-12-9-22-4-5-23-15(22)21-12;/h2-6,9H,7-8H2,1H3,(H2,18,19,20);1H. The monoisotopic (exact) mass is 463 g/mol. The van der Waals surface area contributed by atoms with Crippen LogP contribution in [-0.4, -0.2) is 22.4 Å². The lowest BCUT2D eigenvalue weighted by Crippen LogP contribution is -2.36. The fourth-order valence-electron chi connectivity index (χ4n) is 2.11. The zero-order valence-corrected chi connectivity index (χ0v) is 15.9. The van der Waals surface area contributed by atoms with Gasteiger partial charge in [-0.25, -0.2) is 13.8 Å². The molecule has 0 spiro atoms. The van der Waals surface area contributed by atoms with Gasteiger partial charge in [0.2, 0.25) is 0 Å². The Labute approximate surface area is 158 Å². The maximum Gasteiger partial charge on any atom is 0.193 e. The van der Waals surface area contributed by atoms with E-state index in [1.165, 1.54) is 6.07 Å². The van der Waals surface area contributed by atoms with Crippen molar-refractivity contribution in [2.24, 2.45) is 4.99 Å². The summed E-state index contributed by atoms with van der Waals surface area (Å²) in [6.45, 7) is 0.626. The Morgan fingerprint density at radius 2 is 2.08 bits per heavy atom. The van der Waals surface area contributed by atoms with Crippen LogP contribution in [0.4, 0.5) is 8.78 Å². The van der Waals surface area contributed by atoms with Crippen LogP contribution in [0.3, 0.4) is 0 Å². The molecule has 0 atom stereocenters. The van der Waals surface area contributed by atoms with Crippen molar-refractivity contribution in [3.63, 3.8) is 0 Å². The fraction of sp³-hybridized carbons (Fsp3) is 0.200. The summed E-state index contributed by atoms with van der Waals surface area (Å²) in [4.78, 5) is 9.43. The van der Waals surface area contributed by atoms with Crippen LogP contribution in [0.1, 0.15) is 11.3 Å². The Bertz CT molecular complexity index is 817. The molecule has 24 heavy (non-hydrogen) atoms. The molecule has 0 aliphatic heterocycles. The van der Waals surface area contributed by atoms with E-state index < -0.39 is 11.6 Å². The van der Waals surface area contributed by atoms with Gasteiger partial charge >= 0.3 is 0 Å². The molecule has 0 fully saturated rings. The fourth-order valence-corrected chi connectivity index (χ4v) is 2.83. The number of thiazole rings is 1. The molecule has 0 saturated heterocycles. The van der Waals surface area contributed by atoms with Gasteiger partial charge in [0.05, 0.1) is 12.2 Å². The molecule has 0 saturated carbocycles. The maximum absolute atomic E-state index is 13.6. The molecule has 2 aromatic heterocycles. The second kappa shape index (κ2) is 8.38. The van der Waals surface area contributed by atoms with Crippen molar-refractivity contribution >= 4 is 46.2 Å². The summed E-state index contributed by atoms with van der Waals surface area (Å²) in [7, 11) is 1.61. The molecule has 0 amide bonds. The van der Waals surface area contributed by atoms with Gasteiger partial charge in [0, 0.05) is 36.9 Å². The molecule has 5 nitrogen and oxygen atoms in total. The van der Waals surface area contributed by atoms with Crippen molar-refractivity contribution in [3.05, 3.63) is 58.9 Å². The van der Waals surface area contributed by atoms with Gasteiger partial charge in [0.1, 0.15) is 11.6 Å². The first-order chi connectivity index (χ1) is 11.2. The van der Waals surface area contributed by atoms with E-state index in [0.717, 1.165) is 22.8 Å². The van der Waals surface area contributed by atoms with Crippen LogP contribution in [0.2, 0.25) is 0 Å². The summed E-state index contributed by atoms with van der Waals surface area (Å²) in [6, 6.07) is 3.37. The van der Waals surface area contributed by atoms with Gasteiger partial charge in [-0.15, -0.1) is 35.3 Å². The highest BCUT2D eigenvalue weighted by molar-refractivity contribution is 14.0. The predicted octanol–water partition coefficient (Wildman–Crippen LogP) is 3.16. The van der Waals surface area contributed by atoms with Gasteiger partial charge in [-0.3, -0.25) is 9.39 Å². The third-order valence-corrected chi connectivity index (χ3v) is 4.03. The van der Waals surface area contributed by atoms with Gasteiger partial charge in [-0.2, -0.15) is 0 Å². The lowest BCUT2D eigenvalue weighted by molar-refractivity contribution is 0.581. The van der Waals surface area contributed by atoms with Crippen LogP contribution in [0.25, 0.3) is 4.96 Å². The molecule has 2 heterocycles. The minimum Gasteiger partial charge on any atom is -0.352 e. The molecule has 9 heteroatoms. The Morgan fingerprint density at radius 1 is 1.29 bits per heavy atom. The first kappa shape index (κ1) is 18.6. The van der Waals surface area contributed by atoms with Crippen LogP contribution < -0.4 is 10.6 Å². The summed E-state index contributed by atoms with van der Waals surface area (Å²) in [6.07, 6.45) is 3.87. The van der Waals surface area contributed by atoms with Crippen LogP contribution in [0.5, 0.6) is 0 Å². The summed E-state index contributed by atoms with van der Waals surface area (Å²) in [5.41, 5.74) is 1.12. The highest BCUT2D eigenvalue weighted by Gasteiger charge is 2.06. The summed E-state index contributed by atoms with van der Waals surface area (Å²) in [5, 5.41) is 8.01. The highest BCUT2D eigenvalue weighted by atomic mass is 127. The summed E-state index contributed by atoms with van der Waals surface area (Å²) < 4.78 is 28.7. The number of aliphatic imine (C=N–C) groups is 1.